The maximum Gasteiger partial charge on any atom is 0.352 e. The van der Waals surface area contributed by atoms with Crippen LogP contribution in [0.5, 0.6) is 0 Å². The first-order chi connectivity index (χ1) is 10.6. The van der Waals surface area contributed by atoms with Crippen LogP contribution >= 0.6 is 0 Å². The summed E-state index contributed by atoms with van der Waals surface area (Å²) in [7, 11) is -1.45. The molecule has 0 spiro atoms. The van der Waals surface area contributed by atoms with Gasteiger partial charge in [-0.2, -0.15) is 13.1 Å². The van der Waals surface area contributed by atoms with Crippen molar-refractivity contribution in [3.05, 3.63) is 36.2 Å². The summed E-state index contributed by atoms with van der Waals surface area (Å²) in [5, 5.41) is 8.96. The summed E-state index contributed by atoms with van der Waals surface area (Å²) < 4.78 is 52.9. The molecule has 11 heteroatoms. The summed E-state index contributed by atoms with van der Waals surface area (Å²) in [5.41, 5.74) is -0.203. The number of imidazole rings is 1. The molecule has 0 aliphatic rings. The van der Waals surface area contributed by atoms with E-state index in [9.17, 15) is 22.0 Å². The van der Waals surface area contributed by atoms with E-state index in [1.54, 1.807) is 0 Å². The Balaban J connectivity index is 2.30. The molecule has 0 fully saturated rings. The second kappa shape index (κ2) is 6.08. The van der Waals surface area contributed by atoms with E-state index in [0.717, 1.165) is 33.5 Å². The predicted molar refractivity (Wildman–Crippen MR) is 74.5 cm³/mol. The number of hydrogen-bond acceptors (Lipinski definition) is 4. The molecular formula is C12H14F2N4O4S. The fraction of sp³-hybridized carbons (Fsp3) is 0.333. The number of carboxylic acids is 1. The van der Waals surface area contributed by atoms with E-state index < -0.39 is 22.5 Å². The molecule has 0 aliphatic carbocycles. The van der Waals surface area contributed by atoms with Crippen LogP contribution < -0.4 is 0 Å². The molecule has 0 aliphatic heterocycles. The zero-order valence-electron chi connectivity index (χ0n) is 12.2. The lowest BCUT2D eigenvalue weighted by molar-refractivity contribution is 0.0656. The lowest BCUT2D eigenvalue weighted by atomic mass is 10.4. The van der Waals surface area contributed by atoms with Crippen molar-refractivity contribution in [3.8, 4) is 0 Å². The van der Waals surface area contributed by atoms with Crippen molar-refractivity contribution in [2.24, 2.45) is 7.05 Å². The van der Waals surface area contributed by atoms with E-state index in [2.05, 4.69) is 4.98 Å². The van der Waals surface area contributed by atoms with Crippen molar-refractivity contribution in [2.45, 2.75) is 18.0 Å². The van der Waals surface area contributed by atoms with Crippen LogP contribution in [0.2, 0.25) is 0 Å². The number of rotatable bonds is 6. The fourth-order valence-electron chi connectivity index (χ4n) is 2.00. The topological polar surface area (TPSA) is 97.4 Å². The smallest absolute Gasteiger partial charge is 0.352 e. The Labute approximate surface area is 130 Å². The first-order valence-electron chi connectivity index (χ1n) is 6.30. The molecule has 1 N–H and O–H groups in total. The number of hydrogen-bond donors (Lipinski definition) is 1. The fourth-order valence-corrected chi connectivity index (χ4v) is 3.19. The highest BCUT2D eigenvalue weighted by atomic mass is 32.2. The maximum atomic E-state index is 12.8. The summed E-state index contributed by atoms with van der Waals surface area (Å²) in [6.45, 7) is -3.21. The van der Waals surface area contributed by atoms with Crippen molar-refractivity contribution < 1.29 is 27.1 Å². The first kappa shape index (κ1) is 17.1. The van der Waals surface area contributed by atoms with E-state index in [1.165, 1.54) is 14.1 Å². The molecular weight excluding hydrogens is 334 g/mol. The molecule has 2 aromatic rings. The van der Waals surface area contributed by atoms with E-state index in [0.29, 0.717) is 4.57 Å². The lowest BCUT2D eigenvalue weighted by Gasteiger charge is -2.16. The van der Waals surface area contributed by atoms with Gasteiger partial charge in [0, 0.05) is 32.7 Å². The van der Waals surface area contributed by atoms with Crippen LogP contribution in [-0.4, -0.2) is 45.0 Å². The van der Waals surface area contributed by atoms with Crippen molar-refractivity contribution in [1.29, 1.82) is 0 Å². The van der Waals surface area contributed by atoms with Gasteiger partial charge in [-0.15, -0.1) is 0 Å². The molecule has 0 radical (unpaired) electrons. The van der Waals surface area contributed by atoms with Gasteiger partial charge in [0.2, 0.25) is 10.0 Å². The number of carbonyl (C=O) groups is 1. The molecule has 2 rings (SSSR count). The molecule has 0 saturated carbocycles. The van der Waals surface area contributed by atoms with Gasteiger partial charge in [0.1, 0.15) is 16.4 Å². The maximum absolute atomic E-state index is 12.8. The number of sulfonamides is 1. The average Bonchev–Trinajstić information content (AvgIpc) is 3.05. The Morgan fingerprint density at radius 3 is 2.65 bits per heavy atom. The molecule has 0 atom stereocenters. The van der Waals surface area contributed by atoms with Crippen LogP contribution in [-0.2, 0) is 23.6 Å². The minimum Gasteiger partial charge on any atom is -0.477 e. The van der Waals surface area contributed by atoms with Crippen LogP contribution in [0, 0.1) is 0 Å². The number of alkyl halides is 2. The highest BCUT2D eigenvalue weighted by Crippen LogP contribution is 2.20. The Kier molecular flexibility index (Phi) is 4.52. The van der Waals surface area contributed by atoms with E-state index in [1.807, 2.05) is 0 Å². The van der Waals surface area contributed by atoms with Gasteiger partial charge in [0.15, 0.2) is 0 Å². The van der Waals surface area contributed by atoms with Crippen molar-refractivity contribution >= 4 is 16.0 Å². The summed E-state index contributed by atoms with van der Waals surface area (Å²) >= 11 is 0. The molecule has 0 amide bonds. The number of aryl methyl sites for hydroxylation is 1. The largest absolute Gasteiger partial charge is 0.477 e. The number of aromatic carboxylic acids is 1. The van der Waals surface area contributed by atoms with E-state index in [4.69, 9.17) is 5.11 Å². The van der Waals surface area contributed by atoms with Gasteiger partial charge in [0.05, 0.1) is 6.54 Å². The quantitative estimate of drug-likeness (QED) is 0.844. The zero-order chi connectivity index (χ0) is 17.4. The third-order valence-electron chi connectivity index (χ3n) is 3.23. The van der Waals surface area contributed by atoms with E-state index >= 15 is 0 Å². The van der Waals surface area contributed by atoms with Gasteiger partial charge >= 0.3 is 12.5 Å². The average molecular weight is 348 g/mol. The molecule has 0 aromatic carbocycles. The van der Waals surface area contributed by atoms with Crippen LogP contribution in [0.4, 0.5) is 8.78 Å². The summed E-state index contributed by atoms with van der Waals surface area (Å²) in [5.74, 6) is -1.40. The highest BCUT2D eigenvalue weighted by Gasteiger charge is 2.26. The molecule has 2 heterocycles. The molecule has 23 heavy (non-hydrogen) atoms. The van der Waals surface area contributed by atoms with Crippen LogP contribution in [0.25, 0.3) is 0 Å². The van der Waals surface area contributed by atoms with Crippen LogP contribution in [0.3, 0.4) is 0 Å². The molecule has 2 aromatic heterocycles. The van der Waals surface area contributed by atoms with Gasteiger partial charge in [0.25, 0.3) is 0 Å². The second-order valence-electron chi connectivity index (χ2n) is 4.77. The van der Waals surface area contributed by atoms with Crippen LogP contribution in [0.1, 0.15) is 22.9 Å². The number of nitrogens with zero attached hydrogens (tertiary/aromatic N) is 4. The monoisotopic (exact) mass is 348 g/mol. The lowest BCUT2D eigenvalue weighted by Crippen LogP contribution is -2.27. The summed E-state index contributed by atoms with van der Waals surface area (Å²) in [6.07, 6.45) is 3.34. The SMILES string of the molecule is CN(Cc1nccn1C(F)F)S(=O)(=O)c1cc(C(=O)O)n(C)c1. The third-order valence-corrected chi connectivity index (χ3v) is 5.00. The summed E-state index contributed by atoms with van der Waals surface area (Å²) in [6, 6.07) is 1.01. The van der Waals surface area contributed by atoms with E-state index in [-0.39, 0.29) is 23.0 Å². The minimum atomic E-state index is -4.04. The van der Waals surface area contributed by atoms with Gasteiger partial charge in [-0.05, 0) is 6.07 Å². The summed E-state index contributed by atoms with van der Waals surface area (Å²) in [4.78, 5) is 14.5. The number of halogens is 2. The minimum absolute atomic E-state index is 0.125. The van der Waals surface area contributed by atoms with Crippen molar-refractivity contribution in [3.63, 3.8) is 0 Å². The third kappa shape index (κ3) is 3.24. The van der Waals surface area contributed by atoms with Gasteiger partial charge in [-0.1, -0.05) is 0 Å². The van der Waals surface area contributed by atoms with Crippen molar-refractivity contribution in [2.75, 3.05) is 7.05 Å². The predicted octanol–water partition coefficient (Wildman–Crippen LogP) is 1.14. The zero-order valence-corrected chi connectivity index (χ0v) is 13.0. The second-order valence-corrected chi connectivity index (χ2v) is 6.81. The normalized spacial score (nSPS) is 12.3. The van der Waals surface area contributed by atoms with Crippen molar-refractivity contribution in [1.82, 2.24) is 18.4 Å². The molecule has 126 valence electrons. The Morgan fingerprint density at radius 1 is 1.48 bits per heavy atom. The first-order valence-corrected chi connectivity index (χ1v) is 7.74. The Morgan fingerprint density at radius 2 is 2.13 bits per heavy atom. The molecule has 0 unspecified atom stereocenters. The molecule has 8 nitrogen and oxygen atoms in total. The van der Waals surface area contributed by atoms with Gasteiger partial charge in [-0.3, -0.25) is 4.57 Å². The Hall–Kier alpha value is -2.27. The highest BCUT2D eigenvalue weighted by molar-refractivity contribution is 7.89. The van der Waals surface area contributed by atoms with Gasteiger partial charge in [-0.25, -0.2) is 18.2 Å². The standard InChI is InChI=1S/C12H14F2N4O4S/c1-16-6-8(5-9(16)11(19)20)23(21,22)17(2)7-10-15-3-4-18(10)12(13)14/h3-6,12H,7H2,1-2H3,(H,19,20). The molecule has 0 saturated heterocycles. The van der Waals surface area contributed by atoms with Crippen LogP contribution in [0.15, 0.2) is 29.6 Å². The number of carboxylic acid groups (broad SMARTS) is 1. The number of aromatic nitrogens is 3. The van der Waals surface area contributed by atoms with Gasteiger partial charge < -0.3 is 9.67 Å². The Bertz CT molecular complexity index is 828. The molecule has 0 bridgehead atoms.